The van der Waals surface area contributed by atoms with Crippen molar-refractivity contribution >= 4 is 56.6 Å². The second kappa shape index (κ2) is 7.74. The number of halogens is 3. The zero-order valence-electron chi connectivity index (χ0n) is 12.7. The standard InChI is InChI=1S/C16H11BrCl2N6/c1-2-7-20-15-12(17)8-21-16(24-15)23-10-3-5-11(6-4-10)25-9-22-13(18)14(25)19/h1,3-6,8-9H,7H2,(H2,20,21,23,24). The number of imidazole rings is 1. The van der Waals surface area contributed by atoms with Crippen LogP contribution in [0.1, 0.15) is 0 Å². The molecule has 0 aliphatic heterocycles. The molecule has 0 radical (unpaired) electrons. The minimum atomic E-state index is 0.263. The fourth-order valence-corrected chi connectivity index (χ4v) is 2.67. The first-order chi connectivity index (χ1) is 12.1. The van der Waals surface area contributed by atoms with Gasteiger partial charge in [0.2, 0.25) is 5.95 Å². The van der Waals surface area contributed by atoms with Crippen molar-refractivity contribution in [3.05, 3.63) is 51.6 Å². The van der Waals surface area contributed by atoms with Crippen LogP contribution in [-0.4, -0.2) is 26.1 Å². The highest BCUT2D eigenvalue weighted by Crippen LogP contribution is 2.25. The average molecular weight is 438 g/mol. The maximum Gasteiger partial charge on any atom is 0.229 e. The molecule has 0 aliphatic carbocycles. The third-order valence-electron chi connectivity index (χ3n) is 3.17. The maximum atomic E-state index is 6.09. The van der Waals surface area contributed by atoms with E-state index in [1.54, 1.807) is 17.1 Å². The van der Waals surface area contributed by atoms with E-state index in [1.807, 2.05) is 24.3 Å². The molecule has 6 nitrogen and oxygen atoms in total. The second-order valence-electron chi connectivity index (χ2n) is 4.82. The summed E-state index contributed by atoms with van der Waals surface area (Å²) in [6, 6.07) is 7.50. The maximum absolute atomic E-state index is 6.09. The molecule has 0 saturated heterocycles. The first kappa shape index (κ1) is 17.5. The number of nitrogens with zero attached hydrogens (tertiary/aromatic N) is 4. The molecule has 25 heavy (non-hydrogen) atoms. The molecule has 1 aromatic carbocycles. The lowest BCUT2D eigenvalue weighted by atomic mass is 10.3. The van der Waals surface area contributed by atoms with Crippen molar-refractivity contribution in [2.24, 2.45) is 0 Å². The normalized spacial score (nSPS) is 10.3. The first-order valence-corrected chi connectivity index (χ1v) is 8.59. The summed E-state index contributed by atoms with van der Waals surface area (Å²) in [6.07, 6.45) is 8.46. The molecule has 3 rings (SSSR count). The Labute approximate surface area is 162 Å². The lowest BCUT2D eigenvalue weighted by molar-refractivity contribution is 1.06. The highest BCUT2D eigenvalue weighted by molar-refractivity contribution is 9.10. The molecule has 0 amide bonds. The molecule has 9 heteroatoms. The van der Waals surface area contributed by atoms with Crippen LogP contribution in [0.5, 0.6) is 0 Å². The van der Waals surface area contributed by atoms with Crippen molar-refractivity contribution in [3.8, 4) is 18.0 Å². The van der Waals surface area contributed by atoms with Crippen molar-refractivity contribution < 1.29 is 0 Å². The molecule has 0 fully saturated rings. The highest BCUT2D eigenvalue weighted by atomic mass is 79.9. The smallest absolute Gasteiger partial charge is 0.229 e. The fourth-order valence-electron chi connectivity index (χ4n) is 2.01. The minimum absolute atomic E-state index is 0.263. The van der Waals surface area contributed by atoms with Gasteiger partial charge in [-0.2, -0.15) is 4.98 Å². The van der Waals surface area contributed by atoms with Gasteiger partial charge in [0.25, 0.3) is 0 Å². The molecule has 3 aromatic rings. The summed E-state index contributed by atoms with van der Waals surface area (Å²) in [5, 5.41) is 6.77. The van der Waals surface area contributed by atoms with E-state index in [2.05, 4.69) is 47.4 Å². The van der Waals surface area contributed by atoms with Gasteiger partial charge >= 0.3 is 0 Å². The summed E-state index contributed by atoms with van der Waals surface area (Å²) in [5.41, 5.74) is 1.65. The lowest BCUT2D eigenvalue weighted by Crippen LogP contribution is -2.05. The molecule has 0 bridgehead atoms. The third kappa shape index (κ3) is 4.04. The number of nitrogens with one attached hydrogen (secondary N) is 2. The predicted octanol–water partition coefficient (Wildman–Crippen LogP) is 4.52. The van der Waals surface area contributed by atoms with E-state index < -0.39 is 0 Å². The third-order valence-corrected chi connectivity index (χ3v) is 4.49. The van der Waals surface area contributed by atoms with E-state index >= 15 is 0 Å². The van der Waals surface area contributed by atoms with Gasteiger partial charge in [0.15, 0.2) is 10.3 Å². The number of aromatic nitrogens is 4. The number of hydrogen-bond acceptors (Lipinski definition) is 5. The van der Waals surface area contributed by atoms with Crippen molar-refractivity contribution in [1.29, 1.82) is 0 Å². The Morgan fingerprint density at radius 1 is 1.20 bits per heavy atom. The van der Waals surface area contributed by atoms with Crippen LogP contribution < -0.4 is 10.6 Å². The van der Waals surface area contributed by atoms with Crippen LogP contribution in [0.25, 0.3) is 5.69 Å². The zero-order valence-corrected chi connectivity index (χ0v) is 15.8. The summed E-state index contributed by atoms with van der Waals surface area (Å²) in [7, 11) is 0. The fraction of sp³-hybridized carbons (Fsp3) is 0.0625. The molecule has 2 aromatic heterocycles. The second-order valence-corrected chi connectivity index (χ2v) is 6.39. The number of benzene rings is 1. The van der Waals surface area contributed by atoms with Gasteiger partial charge in [-0.25, -0.2) is 9.97 Å². The molecule has 2 N–H and O–H groups in total. The monoisotopic (exact) mass is 436 g/mol. The van der Waals surface area contributed by atoms with Gasteiger partial charge in [-0.05, 0) is 40.2 Å². The summed E-state index contributed by atoms with van der Waals surface area (Å²) in [4.78, 5) is 12.6. The molecular formula is C16H11BrCl2N6. The van der Waals surface area contributed by atoms with Crippen LogP contribution in [0.2, 0.25) is 10.3 Å². The lowest BCUT2D eigenvalue weighted by Gasteiger charge is -2.10. The van der Waals surface area contributed by atoms with Gasteiger partial charge in [0.1, 0.15) is 12.1 Å². The number of anilines is 3. The van der Waals surface area contributed by atoms with E-state index in [0.29, 0.717) is 23.5 Å². The molecule has 126 valence electrons. The van der Waals surface area contributed by atoms with Crippen LogP contribution in [0.15, 0.2) is 41.3 Å². The molecule has 0 saturated carbocycles. The van der Waals surface area contributed by atoms with Crippen LogP contribution >= 0.6 is 39.1 Å². The van der Waals surface area contributed by atoms with Crippen molar-refractivity contribution in [3.63, 3.8) is 0 Å². The molecule has 0 unspecified atom stereocenters. The van der Waals surface area contributed by atoms with Gasteiger partial charge in [0.05, 0.1) is 11.0 Å². The number of hydrogen-bond donors (Lipinski definition) is 2. The minimum Gasteiger partial charge on any atom is -0.358 e. The summed E-state index contributed by atoms with van der Waals surface area (Å²) >= 11 is 15.3. The number of terminal acetylenes is 1. The summed E-state index contributed by atoms with van der Waals surface area (Å²) < 4.78 is 2.42. The Bertz CT molecular complexity index is 933. The zero-order chi connectivity index (χ0) is 17.8. The first-order valence-electron chi connectivity index (χ1n) is 7.04. The average Bonchev–Trinajstić information content (AvgIpc) is 2.95. The Hall–Kier alpha value is -2.27. The van der Waals surface area contributed by atoms with E-state index in [-0.39, 0.29) is 5.15 Å². The Morgan fingerprint density at radius 3 is 2.60 bits per heavy atom. The van der Waals surface area contributed by atoms with E-state index in [9.17, 15) is 0 Å². The molecule has 0 spiro atoms. The van der Waals surface area contributed by atoms with Gasteiger partial charge in [-0.1, -0.05) is 29.1 Å². The topological polar surface area (TPSA) is 67.7 Å². The van der Waals surface area contributed by atoms with Crippen molar-refractivity contribution in [2.45, 2.75) is 0 Å². The van der Waals surface area contributed by atoms with Gasteiger partial charge < -0.3 is 10.6 Å². The Kier molecular flexibility index (Phi) is 5.43. The molecule has 0 aliphatic rings. The van der Waals surface area contributed by atoms with E-state index in [4.69, 9.17) is 29.6 Å². The van der Waals surface area contributed by atoms with Gasteiger partial charge in [-0.15, -0.1) is 6.42 Å². The largest absolute Gasteiger partial charge is 0.358 e. The number of rotatable bonds is 5. The predicted molar refractivity (Wildman–Crippen MR) is 104 cm³/mol. The van der Waals surface area contributed by atoms with Crippen LogP contribution in [0.3, 0.4) is 0 Å². The van der Waals surface area contributed by atoms with Gasteiger partial charge in [0, 0.05) is 17.6 Å². The Morgan fingerprint density at radius 2 is 1.96 bits per heavy atom. The van der Waals surface area contributed by atoms with Crippen LogP contribution in [0.4, 0.5) is 17.5 Å². The molecular weight excluding hydrogens is 427 g/mol. The summed E-state index contributed by atoms with van der Waals surface area (Å²) in [6.45, 7) is 0.373. The Balaban J connectivity index is 1.78. The SMILES string of the molecule is C#CCNc1nc(Nc2ccc(-n3cnc(Cl)c3Cl)cc2)ncc1Br. The highest BCUT2D eigenvalue weighted by Gasteiger charge is 2.08. The van der Waals surface area contributed by atoms with Gasteiger partial charge in [-0.3, -0.25) is 4.57 Å². The molecule has 2 heterocycles. The quantitative estimate of drug-likeness (QED) is 0.574. The van der Waals surface area contributed by atoms with E-state index in [0.717, 1.165) is 15.8 Å². The van der Waals surface area contributed by atoms with E-state index in [1.165, 1.54) is 0 Å². The molecule has 0 atom stereocenters. The van der Waals surface area contributed by atoms with Crippen LogP contribution in [-0.2, 0) is 0 Å². The van der Waals surface area contributed by atoms with Crippen molar-refractivity contribution in [2.75, 3.05) is 17.2 Å². The van der Waals surface area contributed by atoms with Crippen molar-refractivity contribution in [1.82, 2.24) is 19.5 Å². The summed E-state index contributed by atoms with van der Waals surface area (Å²) in [5.74, 6) is 3.56. The van der Waals surface area contributed by atoms with Crippen LogP contribution in [0, 0.1) is 12.3 Å².